The molecule has 0 unspecified atom stereocenters. The summed E-state index contributed by atoms with van der Waals surface area (Å²) in [6, 6.07) is 24.9. The minimum Gasteiger partial charge on any atom is -0.497 e. The van der Waals surface area contributed by atoms with Gasteiger partial charge in [0, 0.05) is 37.8 Å². The fourth-order valence-electron chi connectivity index (χ4n) is 4.29. The molecule has 3 aromatic carbocycles. The summed E-state index contributed by atoms with van der Waals surface area (Å²) in [4.78, 5) is 17.6. The van der Waals surface area contributed by atoms with Gasteiger partial charge < -0.3 is 14.4 Å². The van der Waals surface area contributed by atoms with Crippen LogP contribution in [0.15, 0.2) is 72.8 Å². The summed E-state index contributed by atoms with van der Waals surface area (Å²) < 4.78 is 10.7. The van der Waals surface area contributed by atoms with Crippen molar-refractivity contribution in [3.05, 3.63) is 95.1 Å². The van der Waals surface area contributed by atoms with Crippen LogP contribution in [0.2, 0.25) is 0 Å². The summed E-state index contributed by atoms with van der Waals surface area (Å²) in [5, 5.41) is 0. The fourth-order valence-corrected chi connectivity index (χ4v) is 4.29. The third kappa shape index (κ3) is 4.78. The average Bonchev–Trinajstić information content (AvgIpc) is 2.85. The normalized spacial score (nSPS) is 15.3. The monoisotopic (exact) mass is 430 g/mol. The fraction of sp³-hybridized carbons (Fsp3) is 0.296. The molecule has 1 aliphatic heterocycles. The Labute approximate surface area is 190 Å². The molecule has 1 atom stereocenters. The van der Waals surface area contributed by atoms with E-state index in [9.17, 15) is 4.79 Å². The van der Waals surface area contributed by atoms with Gasteiger partial charge in [-0.25, -0.2) is 0 Å². The highest BCUT2D eigenvalue weighted by Gasteiger charge is 2.29. The van der Waals surface area contributed by atoms with Crippen molar-refractivity contribution in [3.63, 3.8) is 0 Å². The third-order valence-electron chi connectivity index (χ3n) is 6.07. The Kier molecular flexibility index (Phi) is 6.76. The van der Waals surface area contributed by atoms with Crippen LogP contribution in [0.3, 0.4) is 0 Å². The molecule has 32 heavy (non-hydrogen) atoms. The van der Waals surface area contributed by atoms with Crippen LogP contribution in [0, 0.1) is 6.92 Å². The Bertz CT molecular complexity index is 1020. The van der Waals surface area contributed by atoms with Crippen molar-refractivity contribution in [3.8, 4) is 11.5 Å². The highest BCUT2D eigenvalue weighted by Crippen LogP contribution is 2.30. The van der Waals surface area contributed by atoms with Crippen molar-refractivity contribution < 1.29 is 14.3 Å². The maximum atomic E-state index is 13.2. The molecule has 0 aliphatic carbocycles. The quantitative estimate of drug-likeness (QED) is 0.575. The van der Waals surface area contributed by atoms with Crippen LogP contribution in [0.4, 0.5) is 0 Å². The first kappa shape index (κ1) is 21.9. The van der Waals surface area contributed by atoms with Crippen molar-refractivity contribution in [2.24, 2.45) is 0 Å². The maximum absolute atomic E-state index is 13.2. The van der Waals surface area contributed by atoms with Gasteiger partial charge in [-0.2, -0.15) is 0 Å². The van der Waals surface area contributed by atoms with Gasteiger partial charge in [0.2, 0.25) is 0 Å². The Balaban J connectivity index is 1.52. The van der Waals surface area contributed by atoms with Crippen LogP contribution >= 0.6 is 0 Å². The van der Waals surface area contributed by atoms with Gasteiger partial charge in [0.1, 0.15) is 11.5 Å². The summed E-state index contributed by atoms with van der Waals surface area (Å²) in [6.45, 7) is 5.07. The second kappa shape index (κ2) is 9.88. The molecule has 4 rings (SSSR count). The Morgan fingerprint density at radius 1 is 0.781 bits per heavy atom. The van der Waals surface area contributed by atoms with Crippen LogP contribution in [0.5, 0.6) is 11.5 Å². The predicted octanol–water partition coefficient (Wildman–Crippen LogP) is 4.56. The summed E-state index contributed by atoms with van der Waals surface area (Å²) >= 11 is 0. The number of methoxy groups -OCH3 is 2. The molecule has 1 fully saturated rings. The molecule has 1 heterocycles. The molecule has 1 aliphatic rings. The Hall–Kier alpha value is -3.31. The van der Waals surface area contributed by atoms with E-state index in [-0.39, 0.29) is 11.9 Å². The molecular weight excluding hydrogens is 400 g/mol. The number of hydrogen-bond acceptors (Lipinski definition) is 4. The lowest BCUT2D eigenvalue weighted by Crippen LogP contribution is -2.49. The lowest BCUT2D eigenvalue weighted by molar-refractivity contribution is 0.0596. The molecule has 0 bridgehead atoms. The number of carbonyl (C=O) groups excluding carboxylic acids is 1. The summed E-state index contributed by atoms with van der Waals surface area (Å²) in [5.41, 5.74) is 4.39. The number of nitrogens with zero attached hydrogens (tertiary/aromatic N) is 2. The van der Waals surface area contributed by atoms with Crippen molar-refractivity contribution in [2.45, 2.75) is 13.0 Å². The van der Waals surface area contributed by atoms with E-state index in [0.29, 0.717) is 30.2 Å². The van der Waals surface area contributed by atoms with E-state index in [1.807, 2.05) is 4.90 Å². The number of rotatable bonds is 6. The number of benzene rings is 3. The molecule has 166 valence electrons. The van der Waals surface area contributed by atoms with E-state index < -0.39 is 0 Å². The van der Waals surface area contributed by atoms with Gasteiger partial charge in [0.05, 0.1) is 20.3 Å². The highest BCUT2D eigenvalue weighted by atomic mass is 16.5. The average molecular weight is 431 g/mol. The SMILES string of the molecule is COc1cc(OC)cc(C(=O)N2CCN([C@@H](c3ccccc3)c3ccc(C)cc3)CC2)c1. The minimum absolute atomic E-state index is 0.00782. The first-order valence-corrected chi connectivity index (χ1v) is 11.0. The first-order chi connectivity index (χ1) is 15.6. The van der Waals surface area contributed by atoms with Gasteiger partial charge in [0.15, 0.2) is 0 Å². The van der Waals surface area contributed by atoms with Gasteiger partial charge >= 0.3 is 0 Å². The largest absolute Gasteiger partial charge is 0.497 e. The van der Waals surface area contributed by atoms with Crippen molar-refractivity contribution in [1.29, 1.82) is 0 Å². The van der Waals surface area contributed by atoms with E-state index in [2.05, 4.69) is 66.4 Å². The number of hydrogen-bond donors (Lipinski definition) is 0. The van der Waals surface area contributed by atoms with Gasteiger partial charge in [-0.15, -0.1) is 0 Å². The second-order valence-electron chi connectivity index (χ2n) is 8.15. The highest BCUT2D eigenvalue weighted by molar-refractivity contribution is 5.95. The molecule has 0 aromatic heterocycles. The summed E-state index contributed by atoms with van der Waals surface area (Å²) in [7, 11) is 3.19. The third-order valence-corrected chi connectivity index (χ3v) is 6.07. The molecule has 1 amide bonds. The smallest absolute Gasteiger partial charge is 0.254 e. The van der Waals surface area contributed by atoms with E-state index in [0.717, 1.165) is 13.1 Å². The second-order valence-corrected chi connectivity index (χ2v) is 8.15. The zero-order valence-electron chi connectivity index (χ0n) is 19.0. The maximum Gasteiger partial charge on any atom is 0.254 e. The first-order valence-electron chi connectivity index (χ1n) is 11.0. The van der Waals surface area contributed by atoms with Crippen LogP contribution < -0.4 is 9.47 Å². The van der Waals surface area contributed by atoms with Gasteiger partial charge in [-0.05, 0) is 30.2 Å². The number of aryl methyl sites for hydroxylation is 1. The lowest BCUT2D eigenvalue weighted by Gasteiger charge is -2.40. The molecule has 0 saturated carbocycles. The van der Waals surface area contributed by atoms with Gasteiger partial charge in [0.25, 0.3) is 5.91 Å². The van der Waals surface area contributed by atoms with E-state index in [4.69, 9.17) is 9.47 Å². The number of piperazine rings is 1. The molecular formula is C27H30N2O3. The van der Waals surface area contributed by atoms with Crippen molar-refractivity contribution in [2.75, 3.05) is 40.4 Å². The zero-order valence-corrected chi connectivity index (χ0v) is 19.0. The van der Waals surface area contributed by atoms with Gasteiger partial charge in [-0.1, -0.05) is 60.2 Å². The molecule has 3 aromatic rings. The minimum atomic E-state index is 0.00782. The molecule has 5 nitrogen and oxygen atoms in total. The summed E-state index contributed by atoms with van der Waals surface area (Å²) in [6.07, 6.45) is 0. The number of carbonyl (C=O) groups is 1. The standard InChI is InChI=1S/C27H30N2O3/c1-20-9-11-22(12-10-20)26(21-7-5-4-6-8-21)28-13-15-29(16-14-28)27(30)23-17-24(31-2)19-25(18-23)32-3/h4-12,17-19,26H,13-16H2,1-3H3/t26-/m0/s1. The Morgan fingerprint density at radius 2 is 1.34 bits per heavy atom. The van der Waals surface area contributed by atoms with Crippen molar-refractivity contribution >= 4 is 5.91 Å². The van der Waals surface area contributed by atoms with Crippen LogP contribution in [0.1, 0.15) is 33.1 Å². The van der Waals surface area contributed by atoms with E-state index in [1.165, 1.54) is 16.7 Å². The molecule has 0 radical (unpaired) electrons. The molecule has 5 heteroatoms. The number of amides is 1. The van der Waals surface area contributed by atoms with Gasteiger partial charge in [-0.3, -0.25) is 9.69 Å². The van der Waals surface area contributed by atoms with E-state index in [1.54, 1.807) is 32.4 Å². The lowest BCUT2D eigenvalue weighted by atomic mass is 9.95. The van der Waals surface area contributed by atoms with Crippen LogP contribution in [0.25, 0.3) is 0 Å². The van der Waals surface area contributed by atoms with Crippen LogP contribution in [-0.4, -0.2) is 56.1 Å². The molecule has 0 spiro atoms. The molecule has 0 N–H and O–H groups in total. The topological polar surface area (TPSA) is 42.0 Å². The number of ether oxygens (including phenoxy) is 2. The Morgan fingerprint density at radius 3 is 1.91 bits per heavy atom. The molecule has 1 saturated heterocycles. The zero-order chi connectivity index (χ0) is 22.5. The van der Waals surface area contributed by atoms with Crippen molar-refractivity contribution in [1.82, 2.24) is 9.80 Å². The summed E-state index contributed by atoms with van der Waals surface area (Å²) in [5.74, 6) is 1.25. The predicted molar refractivity (Wildman–Crippen MR) is 126 cm³/mol. The van der Waals surface area contributed by atoms with E-state index >= 15 is 0 Å². The van der Waals surface area contributed by atoms with Crippen LogP contribution in [-0.2, 0) is 0 Å².